The summed E-state index contributed by atoms with van der Waals surface area (Å²) in [5.74, 6) is 0. The van der Waals surface area contributed by atoms with Gasteiger partial charge in [-0.2, -0.15) is 0 Å². The van der Waals surface area contributed by atoms with Gasteiger partial charge in [-0.15, -0.1) is 0 Å². The maximum Gasteiger partial charge on any atom is 0.0101 e. The molecule has 0 rings (SSSR count). The first-order chi connectivity index (χ1) is 6.26. The molecule has 0 heterocycles. The maximum atomic E-state index is 2.58. The van der Waals surface area contributed by atoms with Crippen LogP contribution < -0.4 is 0 Å². The van der Waals surface area contributed by atoms with Gasteiger partial charge in [-0.3, -0.25) is 0 Å². The van der Waals surface area contributed by atoms with Crippen LogP contribution in [0.25, 0.3) is 0 Å². The lowest BCUT2D eigenvalue weighted by atomic mass is 10.1. The molecule has 0 aliphatic rings. The summed E-state index contributed by atoms with van der Waals surface area (Å²) in [4.78, 5) is 2.58. The van der Waals surface area contributed by atoms with Crippen molar-refractivity contribution in [2.45, 2.75) is 53.0 Å². The summed E-state index contributed by atoms with van der Waals surface area (Å²) in [6, 6.07) is 0.705. The average molecular weight is 183 g/mol. The Labute approximate surface area is 83.8 Å². The molecule has 0 saturated heterocycles. The van der Waals surface area contributed by atoms with Crippen LogP contribution in [0.4, 0.5) is 0 Å². The molecule has 0 radical (unpaired) electrons. The highest BCUT2D eigenvalue weighted by Gasteiger charge is 2.09. The lowest BCUT2D eigenvalue weighted by Gasteiger charge is -2.27. The fourth-order valence-electron chi connectivity index (χ4n) is 1.61. The standard InChI is InChI=1S/C12H25N/c1-5-8-9-12(4)13(10-6-2)11-7-3/h5,8,12H,6-7,9-11H2,1-4H3. The van der Waals surface area contributed by atoms with Crippen molar-refractivity contribution in [1.82, 2.24) is 4.90 Å². The minimum Gasteiger partial charge on any atom is -0.300 e. The summed E-state index contributed by atoms with van der Waals surface area (Å²) in [6.07, 6.45) is 8.13. The van der Waals surface area contributed by atoms with Crippen LogP contribution in [0.1, 0.15) is 47.0 Å². The van der Waals surface area contributed by atoms with E-state index in [1.54, 1.807) is 0 Å². The van der Waals surface area contributed by atoms with Gasteiger partial charge in [-0.05, 0) is 46.2 Å². The predicted molar refractivity (Wildman–Crippen MR) is 61.0 cm³/mol. The molecule has 1 unspecified atom stereocenters. The molecule has 1 nitrogen and oxygen atoms in total. The van der Waals surface area contributed by atoms with Crippen LogP contribution in [-0.4, -0.2) is 24.0 Å². The molecule has 0 aromatic heterocycles. The van der Waals surface area contributed by atoms with Gasteiger partial charge in [-0.25, -0.2) is 0 Å². The molecule has 1 heteroatoms. The third-order valence-corrected chi connectivity index (χ3v) is 2.36. The van der Waals surface area contributed by atoms with Gasteiger partial charge in [0.25, 0.3) is 0 Å². The number of hydrogen-bond donors (Lipinski definition) is 0. The number of hydrogen-bond acceptors (Lipinski definition) is 1. The van der Waals surface area contributed by atoms with Crippen molar-refractivity contribution in [3.05, 3.63) is 12.2 Å². The Bertz CT molecular complexity index is 123. The summed E-state index contributed by atoms with van der Waals surface area (Å²) in [5, 5.41) is 0. The minimum atomic E-state index is 0.705. The SMILES string of the molecule is CC=CCC(C)N(CCC)CCC. The molecule has 0 aromatic rings. The smallest absolute Gasteiger partial charge is 0.0101 e. The van der Waals surface area contributed by atoms with Gasteiger partial charge in [0.05, 0.1) is 0 Å². The molecule has 1 atom stereocenters. The van der Waals surface area contributed by atoms with Crippen LogP contribution in [0.2, 0.25) is 0 Å². The second kappa shape index (κ2) is 8.31. The van der Waals surface area contributed by atoms with Gasteiger partial charge in [0.2, 0.25) is 0 Å². The lowest BCUT2D eigenvalue weighted by molar-refractivity contribution is 0.210. The van der Waals surface area contributed by atoms with E-state index in [2.05, 4.69) is 44.7 Å². The van der Waals surface area contributed by atoms with E-state index in [-0.39, 0.29) is 0 Å². The molecule has 13 heavy (non-hydrogen) atoms. The monoisotopic (exact) mass is 183 g/mol. The van der Waals surface area contributed by atoms with E-state index in [4.69, 9.17) is 0 Å². The van der Waals surface area contributed by atoms with Crippen molar-refractivity contribution in [2.75, 3.05) is 13.1 Å². The van der Waals surface area contributed by atoms with Crippen molar-refractivity contribution < 1.29 is 0 Å². The Kier molecular flexibility index (Phi) is 8.11. The first kappa shape index (κ1) is 12.7. The summed E-state index contributed by atoms with van der Waals surface area (Å²) in [6.45, 7) is 11.4. The zero-order valence-corrected chi connectivity index (χ0v) is 9.71. The molecule has 0 aliphatic carbocycles. The van der Waals surface area contributed by atoms with Gasteiger partial charge in [0, 0.05) is 6.04 Å². The summed E-state index contributed by atoms with van der Waals surface area (Å²) in [7, 11) is 0. The van der Waals surface area contributed by atoms with E-state index in [0.29, 0.717) is 6.04 Å². The van der Waals surface area contributed by atoms with Crippen molar-refractivity contribution >= 4 is 0 Å². The highest BCUT2D eigenvalue weighted by atomic mass is 15.1. The summed E-state index contributed by atoms with van der Waals surface area (Å²) >= 11 is 0. The molecular formula is C12H25N. The van der Waals surface area contributed by atoms with E-state index in [9.17, 15) is 0 Å². The van der Waals surface area contributed by atoms with Gasteiger partial charge >= 0.3 is 0 Å². The summed E-state index contributed by atoms with van der Waals surface area (Å²) < 4.78 is 0. The molecule has 0 N–H and O–H groups in total. The second-order valence-corrected chi connectivity index (χ2v) is 3.69. The highest BCUT2D eigenvalue weighted by molar-refractivity contribution is 4.82. The van der Waals surface area contributed by atoms with Crippen LogP contribution in [-0.2, 0) is 0 Å². The molecule has 0 saturated carbocycles. The zero-order valence-electron chi connectivity index (χ0n) is 9.71. The van der Waals surface area contributed by atoms with Crippen molar-refractivity contribution in [3.63, 3.8) is 0 Å². The Morgan fingerprint density at radius 2 is 1.69 bits per heavy atom. The van der Waals surface area contributed by atoms with Crippen molar-refractivity contribution in [3.8, 4) is 0 Å². The van der Waals surface area contributed by atoms with E-state index in [1.807, 2.05) is 0 Å². The minimum absolute atomic E-state index is 0.705. The van der Waals surface area contributed by atoms with E-state index in [1.165, 1.54) is 32.4 Å². The van der Waals surface area contributed by atoms with E-state index < -0.39 is 0 Å². The van der Waals surface area contributed by atoms with Crippen molar-refractivity contribution in [2.24, 2.45) is 0 Å². The van der Waals surface area contributed by atoms with Crippen LogP contribution in [0, 0.1) is 0 Å². The van der Waals surface area contributed by atoms with Gasteiger partial charge in [0.1, 0.15) is 0 Å². The van der Waals surface area contributed by atoms with Crippen LogP contribution >= 0.6 is 0 Å². The molecule has 0 fully saturated rings. The third-order valence-electron chi connectivity index (χ3n) is 2.36. The summed E-state index contributed by atoms with van der Waals surface area (Å²) in [5.41, 5.74) is 0. The molecule has 0 amide bonds. The average Bonchev–Trinajstić information content (AvgIpc) is 2.14. The number of allylic oxidation sites excluding steroid dienone is 1. The van der Waals surface area contributed by atoms with Crippen LogP contribution in [0.5, 0.6) is 0 Å². The lowest BCUT2D eigenvalue weighted by Crippen LogP contribution is -2.34. The molecule has 0 bridgehead atoms. The fourth-order valence-corrected chi connectivity index (χ4v) is 1.61. The van der Waals surface area contributed by atoms with Gasteiger partial charge in [-0.1, -0.05) is 26.0 Å². The Hall–Kier alpha value is -0.300. The van der Waals surface area contributed by atoms with E-state index >= 15 is 0 Å². The third kappa shape index (κ3) is 5.87. The first-order valence-corrected chi connectivity index (χ1v) is 5.61. The van der Waals surface area contributed by atoms with E-state index in [0.717, 1.165) is 0 Å². The largest absolute Gasteiger partial charge is 0.300 e. The second-order valence-electron chi connectivity index (χ2n) is 3.69. The highest BCUT2D eigenvalue weighted by Crippen LogP contribution is 2.06. The quantitative estimate of drug-likeness (QED) is 0.546. The maximum absolute atomic E-state index is 2.58. The van der Waals surface area contributed by atoms with Gasteiger partial charge < -0.3 is 4.90 Å². The molecule has 0 aliphatic heterocycles. The Morgan fingerprint density at radius 3 is 2.08 bits per heavy atom. The Morgan fingerprint density at radius 1 is 1.15 bits per heavy atom. The van der Waals surface area contributed by atoms with Crippen LogP contribution in [0.3, 0.4) is 0 Å². The number of nitrogens with zero attached hydrogens (tertiary/aromatic N) is 1. The first-order valence-electron chi connectivity index (χ1n) is 5.61. The van der Waals surface area contributed by atoms with Crippen molar-refractivity contribution in [1.29, 1.82) is 0 Å². The normalized spacial score (nSPS) is 14.2. The zero-order chi connectivity index (χ0) is 10.1. The molecule has 78 valence electrons. The molecular weight excluding hydrogens is 158 g/mol. The van der Waals surface area contributed by atoms with Crippen LogP contribution in [0.15, 0.2) is 12.2 Å². The number of rotatable bonds is 7. The molecule has 0 aromatic carbocycles. The van der Waals surface area contributed by atoms with Gasteiger partial charge in [0.15, 0.2) is 0 Å². The fraction of sp³-hybridized carbons (Fsp3) is 0.833. The topological polar surface area (TPSA) is 3.24 Å². The Balaban J connectivity index is 3.86. The predicted octanol–water partition coefficient (Wildman–Crippen LogP) is 3.46. The molecule has 0 spiro atoms.